The molecular weight excluding hydrogens is 662 g/mol. The molecule has 1 spiro atoms. The molecular formula is C42H55NO9. The van der Waals surface area contributed by atoms with Gasteiger partial charge in [-0.05, 0) is 88.0 Å². The molecule has 52 heavy (non-hydrogen) atoms. The number of amides is 1. The lowest BCUT2D eigenvalue weighted by Crippen LogP contribution is -2.72. The minimum atomic E-state index is -1.62. The van der Waals surface area contributed by atoms with Gasteiger partial charge in [-0.15, -0.1) is 0 Å². The number of carbonyl (C=O) groups excluding carboxylic acids is 3. The first-order valence-electron chi connectivity index (χ1n) is 18.7. The van der Waals surface area contributed by atoms with E-state index in [1.54, 1.807) is 19.1 Å². The molecule has 6 aliphatic rings. The largest absolute Gasteiger partial charge is 0.506 e. The molecule has 0 unspecified atom stereocenters. The zero-order valence-electron chi connectivity index (χ0n) is 32.2. The number of aliphatic hydroxyl groups is 1. The second kappa shape index (κ2) is 13.6. The highest BCUT2D eigenvalue weighted by atomic mass is 16.6. The second-order valence-electron chi connectivity index (χ2n) is 16.4. The van der Waals surface area contributed by atoms with E-state index < -0.39 is 46.1 Å². The van der Waals surface area contributed by atoms with Gasteiger partial charge in [0, 0.05) is 54.5 Å². The highest BCUT2D eigenvalue weighted by molar-refractivity contribution is 6.18. The van der Waals surface area contributed by atoms with Crippen LogP contribution in [0, 0.1) is 11.8 Å². The fourth-order valence-corrected chi connectivity index (χ4v) is 9.16. The standard InChI is InChI=1S/C42H55NO9/c1-10-49-19-18-43-38(48)25(6)15-17-41-37(47)26-20-28-33(45)32-34(46)31-29(44)22-40(9,16-11-12-23(2)3)50-35(31)27(14-13-24(4)5)36(32)51-42(28,41)30(21-26)39(7,8)52-41/h12-13,15,20,26,29-30,44,46H,10-11,14,16-19,21-22H2,1-9H3,(H,43,48)/b25-15+/t26-,29+,30+,40-,41+,42-/m1/s1. The highest BCUT2D eigenvalue weighted by Gasteiger charge is 2.81. The Balaban J connectivity index is 1.51. The zero-order valence-corrected chi connectivity index (χ0v) is 32.2. The summed E-state index contributed by atoms with van der Waals surface area (Å²) in [7, 11) is 0. The summed E-state index contributed by atoms with van der Waals surface area (Å²) in [5.74, 6) is -1.85. The third-order valence-corrected chi connectivity index (χ3v) is 11.6. The van der Waals surface area contributed by atoms with Crippen molar-refractivity contribution in [2.24, 2.45) is 11.8 Å². The Morgan fingerprint density at radius 2 is 1.75 bits per heavy atom. The summed E-state index contributed by atoms with van der Waals surface area (Å²) in [5, 5.41) is 26.5. The van der Waals surface area contributed by atoms with Gasteiger partial charge in [0.25, 0.3) is 0 Å². The molecule has 7 rings (SSSR count). The van der Waals surface area contributed by atoms with Gasteiger partial charge in [-0.25, -0.2) is 0 Å². The van der Waals surface area contributed by atoms with E-state index in [9.17, 15) is 24.6 Å². The Morgan fingerprint density at radius 3 is 2.42 bits per heavy atom. The Bertz CT molecular complexity index is 1810. The van der Waals surface area contributed by atoms with Crippen molar-refractivity contribution >= 4 is 17.5 Å². The van der Waals surface area contributed by atoms with Crippen LogP contribution in [-0.4, -0.2) is 69.8 Å². The van der Waals surface area contributed by atoms with Crippen LogP contribution in [0.3, 0.4) is 0 Å². The van der Waals surface area contributed by atoms with Crippen LogP contribution >= 0.6 is 0 Å². The van der Waals surface area contributed by atoms with Crippen molar-refractivity contribution in [2.45, 2.75) is 129 Å². The summed E-state index contributed by atoms with van der Waals surface area (Å²) in [5.41, 5.74) is -1.22. The summed E-state index contributed by atoms with van der Waals surface area (Å²) in [6, 6.07) is 0. The number of rotatable bonds is 12. The number of phenolic OH excluding ortho intramolecular Hbond substituents is 1. The lowest BCUT2D eigenvalue weighted by molar-refractivity contribution is -0.171. The van der Waals surface area contributed by atoms with Crippen molar-refractivity contribution < 1.29 is 43.5 Å². The number of hydrogen-bond acceptors (Lipinski definition) is 9. The van der Waals surface area contributed by atoms with E-state index in [4.69, 9.17) is 18.9 Å². The molecule has 6 atom stereocenters. The summed E-state index contributed by atoms with van der Waals surface area (Å²) in [6.45, 7) is 18.7. The van der Waals surface area contributed by atoms with Gasteiger partial charge < -0.3 is 34.5 Å². The number of benzene rings is 1. The van der Waals surface area contributed by atoms with Crippen molar-refractivity contribution in [2.75, 3.05) is 19.8 Å². The van der Waals surface area contributed by atoms with Crippen LogP contribution in [0.1, 0.15) is 122 Å². The van der Waals surface area contributed by atoms with Crippen LogP contribution < -0.4 is 14.8 Å². The normalized spacial score (nSPS) is 30.7. The zero-order chi connectivity index (χ0) is 38.0. The van der Waals surface area contributed by atoms with Gasteiger partial charge >= 0.3 is 0 Å². The number of aromatic hydroxyl groups is 1. The second-order valence-corrected chi connectivity index (χ2v) is 16.4. The van der Waals surface area contributed by atoms with Crippen LogP contribution in [0.25, 0.3) is 0 Å². The van der Waals surface area contributed by atoms with E-state index in [1.807, 2.05) is 61.5 Å². The predicted octanol–water partition coefficient (Wildman–Crippen LogP) is 6.72. The van der Waals surface area contributed by atoms with Gasteiger partial charge in [-0.3, -0.25) is 14.4 Å². The van der Waals surface area contributed by atoms with Crippen molar-refractivity contribution in [3.63, 3.8) is 0 Å². The molecule has 3 aliphatic carbocycles. The number of ketones is 2. The number of carbonyl (C=O) groups is 3. The number of nitrogens with one attached hydrogen (secondary N) is 1. The maximum atomic E-state index is 15.0. The molecule has 3 aliphatic heterocycles. The number of aliphatic hydroxyl groups excluding tert-OH is 1. The molecule has 4 bridgehead atoms. The molecule has 10 nitrogen and oxygen atoms in total. The minimum Gasteiger partial charge on any atom is -0.506 e. The first-order valence-corrected chi connectivity index (χ1v) is 18.7. The van der Waals surface area contributed by atoms with E-state index >= 15 is 0 Å². The minimum absolute atomic E-state index is 0.00477. The quantitative estimate of drug-likeness (QED) is 0.122. The average Bonchev–Trinajstić information content (AvgIpc) is 3.21. The van der Waals surface area contributed by atoms with Crippen LogP contribution in [0.15, 0.2) is 46.6 Å². The number of phenols is 1. The van der Waals surface area contributed by atoms with Crippen molar-refractivity contribution in [3.8, 4) is 17.2 Å². The molecule has 0 aromatic heterocycles. The number of fused-ring (bicyclic) bond motifs is 2. The first-order chi connectivity index (χ1) is 24.4. The van der Waals surface area contributed by atoms with Crippen molar-refractivity contribution in [1.29, 1.82) is 0 Å². The van der Waals surface area contributed by atoms with Crippen molar-refractivity contribution in [3.05, 3.63) is 63.3 Å². The monoisotopic (exact) mass is 717 g/mol. The molecule has 1 aromatic carbocycles. The summed E-state index contributed by atoms with van der Waals surface area (Å²) < 4.78 is 26.2. The van der Waals surface area contributed by atoms with E-state index in [-0.39, 0.29) is 52.7 Å². The van der Waals surface area contributed by atoms with E-state index in [0.717, 1.165) is 12.0 Å². The van der Waals surface area contributed by atoms with Gasteiger partial charge in [-0.2, -0.15) is 0 Å². The molecule has 3 N–H and O–H groups in total. The van der Waals surface area contributed by atoms with E-state index in [0.29, 0.717) is 55.9 Å². The maximum Gasteiger partial charge on any atom is 0.246 e. The Kier molecular flexibility index (Phi) is 9.94. The lowest BCUT2D eigenvalue weighted by atomic mass is 9.51. The van der Waals surface area contributed by atoms with Gasteiger partial charge in [-0.1, -0.05) is 35.5 Å². The Morgan fingerprint density at radius 1 is 1.04 bits per heavy atom. The Labute approximate surface area is 307 Å². The van der Waals surface area contributed by atoms with Gasteiger partial charge in [0.1, 0.15) is 28.4 Å². The summed E-state index contributed by atoms with van der Waals surface area (Å²) >= 11 is 0. The van der Waals surface area contributed by atoms with Crippen molar-refractivity contribution in [1.82, 2.24) is 5.32 Å². The topological polar surface area (TPSA) is 141 Å². The molecule has 0 radical (unpaired) electrons. The average molecular weight is 718 g/mol. The molecule has 1 saturated heterocycles. The van der Waals surface area contributed by atoms with Crippen LogP contribution in [-0.2, 0) is 25.5 Å². The van der Waals surface area contributed by atoms with Gasteiger partial charge in [0.2, 0.25) is 5.91 Å². The summed E-state index contributed by atoms with van der Waals surface area (Å²) in [4.78, 5) is 42.6. The lowest BCUT2D eigenvalue weighted by Gasteiger charge is -2.56. The summed E-state index contributed by atoms with van der Waals surface area (Å²) in [6.07, 6.45) is 8.78. The van der Waals surface area contributed by atoms with E-state index in [1.165, 1.54) is 5.57 Å². The highest BCUT2D eigenvalue weighted by Crippen LogP contribution is 2.69. The molecule has 1 amide bonds. The smallest absolute Gasteiger partial charge is 0.246 e. The van der Waals surface area contributed by atoms with Gasteiger partial charge in [0.05, 0.1) is 23.9 Å². The molecule has 282 valence electrons. The molecule has 2 fully saturated rings. The first kappa shape index (κ1) is 38.0. The Hall–Kier alpha value is -3.73. The number of Topliss-reactive ketones (excluding diaryl/α,β-unsaturated/α-hetero) is 2. The number of hydrogen-bond donors (Lipinski definition) is 3. The fourth-order valence-electron chi connectivity index (χ4n) is 9.16. The molecule has 1 aromatic rings. The SMILES string of the molecule is CCOCCNC(=O)/C(C)=C/C[C@@]12OC(C)(C)[C@@H]3C[C@@H](C=C4C(=O)c5c(O)c6c(c(CC=C(C)C)c5O[C@]431)O[C@](C)(CCC=C(C)C)C[C@@H]6O)C2=O. The maximum absolute atomic E-state index is 15.0. The number of ether oxygens (including phenoxy) is 4. The molecule has 10 heteroatoms. The van der Waals surface area contributed by atoms with Crippen LogP contribution in [0.4, 0.5) is 0 Å². The fraction of sp³-hybridized carbons (Fsp3) is 0.595. The molecule has 3 heterocycles. The number of allylic oxidation sites excluding steroid dienone is 5. The molecule has 1 saturated carbocycles. The predicted molar refractivity (Wildman–Crippen MR) is 197 cm³/mol. The third kappa shape index (κ3) is 5.95. The van der Waals surface area contributed by atoms with Gasteiger partial charge in [0.15, 0.2) is 22.8 Å². The van der Waals surface area contributed by atoms with Crippen LogP contribution in [0.5, 0.6) is 17.2 Å². The van der Waals surface area contributed by atoms with Crippen LogP contribution in [0.2, 0.25) is 0 Å². The van der Waals surface area contributed by atoms with E-state index in [2.05, 4.69) is 11.4 Å². The third-order valence-electron chi connectivity index (χ3n) is 11.6.